The van der Waals surface area contributed by atoms with Crippen molar-refractivity contribution in [2.75, 3.05) is 27.6 Å². The van der Waals surface area contributed by atoms with Crippen LogP contribution in [-0.2, 0) is 11.3 Å². The molecule has 0 radical (unpaired) electrons. The van der Waals surface area contributed by atoms with E-state index in [9.17, 15) is 4.79 Å². The molecule has 1 rings (SSSR count). The maximum absolute atomic E-state index is 10.3. The third-order valence-corrected chi connectivity index (χ3v) is 2.10. The highest BCUT2D eigenvalue weighted by molar-refractivity contribution is 5.47. The van der Waals surface area contributed by atoms with E-state index in [4.69, 9.17) is 9.47 Å². The van der Waals surface area contributed by atoms with E-state index in [0.717, 1.165) is 5.56 Å². The number of benzene rings is 1. The summed E-state index contributed by atoms with van der Waals surface area (Å²) in [5, 5.41) is 8.40. The molecule has 3 N–H and O–H groups in total. The molecule has 0 bridgehead atoms. The van der Waals surface area contributed by atoms with E-state index < -0.39 is 0 Å². The zero-order valence-electron chi connectivity index (χ0n) is 10.7. The number of carbonyl (C=O) groups excluding carboxylic acids is 1. The second kappa shape index (κ2) is 8.32. The van der Waals surface area contributed by atoms with E-state index in [2.05, 4.69) is 16.0 Å². The van der Waals surface area contributed by atoms with Gasteiger partial charge in [-0.2, -0.15) is 0 Å². The summed E-state index contributed by atoms with van der Waals surface area (Å²) in [6, 6.07) is 5.53. The van der Waals surface area contributed by atoms with Gasteiger partial charge in [-0.25, -0.2) is 0 Å². The van der Waals surface area contributed by atoms with Crippen molar-refractivity contribution in [2.24, 2.45) is 0 Å². The van der Waals surface area contributed by atoms with Gasteiger partial charge in [-0.15, -0.1) is 0 Å². The summed E-state index contributed by atoms with van der Waals surface area (Å²) in [7, 11) is 3.60. The molecule has 0 atom stereocenters. The van der Waals surface area contributed by atoms with Gasteiger partial charge in [-0.05, 0) is 31.8 Å². The Morgan fingerprint density at radius 1 is 1.06 bits per heavy atom. The lowest BCUT2D eigenvalue weighted by Crippen LogP contribution is -2.16. The zero-order chi connectivity index (χ0) is 13.2. The van der Waals surface area contributed by atoms with Crippen LogP contribution >= 0.6 is 0 Å². The monoisotopic (exact) mass is 253 g/mol. The van der Waals surface area contributed by atoms with Crippen LogP contribution in [0.4, 0.5) is 0 Å². The molecule has 0 unspecified atom stereocenters. The van der Waals surface area contributed by atoms with E-state index in [1.165, 1.54) is 0 Å². The van der Waals surface area contributed by atoms with Gasteiger partial charge in [0.2, 0.25) is 6.41 Å². The minimum Gasteiger partial charge on any atom is -0.478 e. The summed E-state index contributed by atoms with van der Waals surface area (Å²) in [5.74, 6) is 1.39. The minimum absolute atomic E-state index is 0.413. The summed E-state index contributed by atoms with van der Waals surface area (Å²) in [6.07, 6.45) is 0.662. The third kappa shape index (κ3) is 5.03. The normalized spacial score (nSPS) is 9.89. The van der Waals surface area contributed by atoms with E-state index in [0.29, 0.717) is 37.9 Å². The number of nitrogens with one attached hydrogen (secondary N) is 3. The second-order valence-corrected chi connectivity index (χ2v) is 3.60. The van der Waals surface area contributed by atoms with Crippen molar-refractivity contribution in [3.63, 3.8) is 0 Å². The van der Waals surface area contributed by atoms with Crippen molar-refractivity contribution in [2.45, 2.75) is 6.54 Å². The van der Waals surface area contributed by atoms with Crippen molar-refractivity contribution in [1.29, 1.82) is 0 Å². The molecule has 1 amide bonds. The van der Waals surface area contributed by atoms with Gasteiger partial charge < -0.3 is 14.8 Å². The second-order valence-electron chi connectivity index (χ2n) is 3.60. The molecule has 0 saturated carbocycles. The van der Waals surface area contributed by atoms with Crippen LogP contribution in [-0.4, -0.2) is 34.0 Å². The topological polar surface area (TPSA) is 71.6 Å². The first-order valence-electron chi connectivity index (χ1n) is 5.66. The van der Waals surface area contributed by atoms with Gasteiger partial charge in [-0.3, -0.25) is 15.4 Å². The molecule has 1 aromatic rings. The molecule has 6 nitrogen and oxygen atoms in total. The van der Waals surface area contributed by atoms with E-state index in [-0.39, 0.29) is 0 Å². The summed E-state index contributed by atoms with van der Waals surface area (Å²) >= 11 is 0. The Hall–Kier alpha value is -1.79. The molecule has 6 heteroatoms. The van der Waals surface area contributed by atoms with Gasteiger partial charge >= 0.3 is 0 Å². The van der Waals surface area contributed by atoms with Crippen LogP contribution in [0, 0.1) is 0 Å². The average Bonchev–Trinajstić information content (AvgIpc) is 2.40. The maximum atomic E-state index is 10.3. The highest BCUT2D eigenvalue weighted by Gasteiger charge is 2.03. The highest BCUT2D eigenvalue weighted by atomic mass is 16.5. The summed E-state index contributed by atoms with van der Waals surface area (Å²) in [4.78, 5) is 10.3. The Balaban J connectivity index is 2.77. The summed E-state index contributed by atoms with van der Waals surface area (Å²) in [6.45, 7) is 1.27. The Labute approximate surface area is 107 Å². The predicted molar refractivity (Wildman–Crippen MR) is 68.5 cm³/mol. The fraction of sp³-hybridized carbons (Fsp3) is 0.417. The molecule has 1 aromatic carbocycles. The van der Waals surface area contributed by atoms with Crippen LogP contribution in [0.1, 0.15) is 5.56 Å². The highest BCUT2D eigenvalue weighted by Crippen LogP contribution is 2.22. The first-order valence-corrected chi connectivity index (χ1v) is 5.66. The fourth-order valence-corrected chi connectivity index (χ4v) is 1.37. The van der Waals surface area contributed by atoms with E-state index in [1.54, 1.807) is 20.2 Å². The average molecular weight is 253 g/mol. The number of rotatable bonds is 9. The molecule has 18 heavy (non-hydrogen) atoms. The third-order valence-electron chi connectivity index (χ3n) is 2.10. The van der Waals surface area contributed by atoms with Crippen LogP contribution in [0.5, 0.6) is 11.5 Å². The molecule has 100 valence electrons. The van der Waals surface area contributed by atoms with Crippen LogP contribution in [0.25, 0.3) is 0 Å². The van der Waals surface area contributed by atoms with Gasteiger partial charge in [0.15, 0.2) is 0 Å². The van der Waals surface area contributed by atoms with Crippen molar-refractivity contribution >= 4 is 6.41 Å². The minimum atomic E-state index is 0.413. The van der Waals surface area contributed by atoms with Crippen molar-refractivity contribution in [3.05, 3.63) is 23.8 Å². The molecule has 0 spiro atoms. The van der Waals surface area contributed by atoms with Crippen molar-refractivity contribution in [3.8, 4) is 11.5 Å². The molecule has 0 aromatic heterocycles. The smallest absolute Gasteiger partial charge is 0.207 e. The summed E-state index contributed by atoms with van der Waals surface area (Å²) in [5.41, 5.74) is 0.918. The molecule has 0 saturated heterocycles. The maximum Gasteiger partial charge on any atom is 0.207 e. The van der Waals surface area contributed by atoms with Crippen LogP contribution < -0.4 is 25.4 Å². The Morgan fingerprint density at radius 3 is 2.06 bits per heavy atom. The number of amides is 1. The Bertz CT molecular complexity index is 345. The zero-order valence-corrected chi connectivity index (χ0v) is 10.7. The molecular formula is C12H19N3O3. The standard InChI is InChI=1S/C12H19N3O3/c1-13-8-17-11-3-10(6-15-7-16)4-12(5-11)18-9-14-2/h3-5,7,13-14H,6,8-9H2,1-2H3,(H,15,16). The molecule has 0 aliphatic rings. The summed E-state index contributed by atoms with van der Waals surface area (Å²) < 4.78 is 10.9. The van der Waals surface area contributed by atoms with Crippen LogP contribution in [0.3, 0.4) is 0 Å². The van der Waals surface area contributed by atoms with Crippen molar-refractivity contribution in [1.82, 2.24) is 16.0 Å². The number of carbonyl (C=O) groups is 1. The van der Waals surface area contributed by atoms with Crippen LogP contribution in [0.15, 0.2) is 18.2 Å². The number of hydrogen-bond acceptors (Lipinski definition) is 5. The molecule has 0 aliphatic carbocycles. The Morgan fingerprint density at radius 2 is 1.61 bits per heavy atom. The predicted octanol–water partition coefficient (Wildman–Crippen LogP) is 0.0440. The Kier molecular flexibility index (Phi) is 6.60. The van der Waals surface area contributed by atoms with Gasteiger partial charge in [0, 0.05) is 12.6 Å². The van der Waals surface area contributed by atoms with E-state index >= 15 is 0 Å². The largest absolute Gasteiger partial charge is 0.478 e. The quantitative estimate of drug-likeness (QED) is 0.428. The van der Waals surface area contributed by atoms with Gasteiger partial charge in [0.25, 0.3) is 0 Å². The van der Waals surface area contributed by atoms with Crippen molar-refractivity contribution < 1.29 is 14.3 Å². The number of hydrogen-bond donors (Lipinski definition) is 3. The molecule has 0 aliphatic heterocycles. The molecular weight excluding hydrogens is 234 g/mol. The molecule has 0 heterocycles. The lowest BCUT2D eigenvalue weighted by atomic mass is 10.2. The van der Waals surface area contributed by atoms with Gasteiger partial charge in [0.1, 0.15) is 25.0 Å². The lowest BCUT2D eigenvalue weighted by molar-refractivity contribution is -0.109. The first-order chi connectivity index (χ1) is 8.80. The number of ether oxygens (including phenoxy) is 2. The first kappa shape index (κ1) is 14.3. The van der Waals surface area contributed by atoms with Crippen LogP contribution in [0.2, 0.25) is 0 Å². The fourth-order valence-electron chi connectivity index (χ4n) is 1.37. The van der Waals surface area contributed by atoms with Gasteiger partial charge in [-0.1, -0.05) is 0 Å². The molecule has 0 fully saturated rings. The van der Waals surface area contributed by atoms with Gasteiger partial charge in [0.05, 0.1) is 0 Å². The SMILES string of the molecule is CNCOc1cc(CNC=O)cc(OCNC)c1. The van der Waals surface area contributed by atoms with E-state index in [1.807, 2.05) is 12.1 Å². The lowest BCUT2D eigenvalue weighted by Gasteiger charge is -2.11.